The molecule has 1 aromatic heterocycles. The normalized spacial score (nSPS) is 20.4. The Balaban J connectivity index is 1.98. The number of carbonyl (C=O) groups excluding carboxylic acids is 1. The number of rotatable bonds is 5. The Bertz CT molecular complexity index is 606. The van der Waals surface area contributed by atoms with Gasteiger partial charge in [0.05, 0.1) is 30.3 Å². The van der Waals surface area contributed by atoms with Gasteiger partial charge in [-0.3, -0.25) is 9.63 Å². The van der Waals surface area contributed by atoms with Crippen LogP contribution in [-0.2, 0) is 17.9 Å². The Morgan fingerprint density at radius 2 is 2.30 bits per heavy atom. The summed E-state index contributed by atoms with van der Waals surface area (Å²) < 4.78 is 1.80. The van der Waals surface area contributed by atoms with E-state index >= 15 is 0 Å². The number of hydroxylamine groups is 2. The number of hydrogen-bond donors (Lipinski definition) is 0. The third-order valence-electron chi connectivity index (χ3n) is 3.59. The van der Waals surface area contributed by atoms with Crippen molar-refractivity contribution in [3.8, 4) is 0 Å². The first-order chi connectivity index (χ1) is 9.67. The van der Waals surface area contributed by atoms with Crippen LogP contribution in [0.1, 0.15) is 30.0 Å². The summed E-state index contributed by atoms with van der Waals surface area (Å²) in [5.41, 5.74) is 0.969. The first-order valence-corrected chi connectivity index (χ1v) is 7.53. The molecule has 1 atom stereocenters. The fraction of sp³-hybridized carbons (Fsp3) is 0.538. The lowest BCUT2D eigenvalue weighted by molar-refractivity contribution is -0.118. The van der Waals surface area contributed by atoms with Gasteiger partial charge in [-0.25, -0.2) is 4.79 Å². The van der Waals surface area contributed by atoms with Crippen LogP contribution in [0, 0.1) is 0 Å². The topological polar surface area (TPSA) is 54.8 Å². The van der Waals surface area contributed by atoms with E-state index in [2.05, 4.69) is 6.58 Å². The van der Waals surface area contributed by atoms with E-state index in [0.29, 0.717) is 19.6 Å². The Labute approximate surface area is 120 Å². The lowest BCUT2D eigenvalue weighted by atomic mass is 10.1. The average Bonchev–Trinajstić information content (AvgIpc) is 2.88. The molecule has 1 aromatic rings. The Hall–Kier alpha value is -1.60. The van der Waals surface area contributed by atoms with Crippen LogP contribution in [0.25, 0.3) is 0 Å². The third kappa shape index (κ3) is 1.89. The molecule has 2 aliphatic rings. The second-order valence-electron chi connectivity index (χ2n) is 4.92. The molecule has 2 bridgehead atoms. The van der Waals surface area contributed by atoms with E-state index < -0.39 is 0 Å². The summed E-state index contributed by atoms with van der Waals surface area (Å²) in [6.07, 6.45) is 2.51. The van der Waals surface area contributed by atoms with E-state index in [1.165, 1.54) is 16.4 Å². The molecule has 0 aliphatic carbocycles. The molecule has 3 rings (SSSR count). The van der Waals surface area contributed by atoms with Gasteiger partial charge in [0.2, 0.25) is 0 Å². The van der Waals surface area contributed by atoms with Gasteiger partial charge in [-0.1, -0.05) is 24.3 Å². The van der Waals surface area contributed by atoms with Crippen LogP contribution in [-0.4, -0.2) is 33.7 Å². The van der Waals surface area contributed by atoms with Crippen molar-refractivity contribution in [2.24, 2.45) is 0 Å². The van der Waals surface area contributed by atoms with Gasteiger partial charge >= 0.3 is 10.9 Å². The van der Waals surface area contributed by atoms with Crippen molar-refractivity contribution in [3.63, 3.8) is 0 Å². The van der Waals surface area contributed by atoms with Crippen LogP contribution in [0.5, 0.6) is 0 Å². The third-order valence-corrected chi connectivity index (χ3v) is 4.71. The number of fused-ring (bicyclic) bond motifs is 4. The largest absolute Gasteiger partial charge is 0.345 e. The van der Waals surface area contributed by atoms with Crippen LogP contribution in [0.2, 0.25) is 0 Å². The molecule has 2 amide bonds. The SMILES string of the molecule is C=CCON1C(=O)N2Cc3c(sc(=O)n3CCC)C1C2. The fourth-order valence-electron chi connectivity index (χ4n) is 2.74. The van der Waals surface area contributed by atoms with Crippen molar-refractivity contribution >= 4 is 17.4 Å². The average molecular weight is 295 g/mol. The molecular weight excluding hydrogens is 278 g/mol. The minimum absolute atomic E-state index is 0.0571. The van der Waals surface area contributed by atoms with Gasteiger partial charge < -0.3 is 9.47 Å². The zero-order chi connectivity index (χ0) is 14.3. The van der Waals surface area contributed by atoms with Crippen LogP contribution >= 0.6 is 11.3 Å². The minimum atomic E-state index is -0.165. The molecule has 1 saturated heterocycles. The van der Waals surface area contributed by atoms with E-state index in [1.54, 1.807) is 15.5 Å². The molecule has 3 heterocycles. The molecular formula is C13H17N3O3S. The van der Waals surface area contributed by atoms with Crippen molar-refractivity contribution in [2.75, 3.05) is 13.2 Å². The Morgan fingerprint density at radius 1 is 1.50 bits per heavy atom. The molecule has 0 radical (unpaired) electrons. The second-order valence-corrected chi connectivity index (χ2v) is 5.91. The van der Waals surface area contributed by atoms with Crippen molar-refractivity contribution in [2.45, 2.75) is 32.5 Å². The minimum Gasteiger partial charge on any atom is -0.314 e. The smallest absolute Gasteiger partial charge is 0.314 e. The molecule has 6 nitrogen and oxygen atoms in total. The quantitative estimate of drug-likeness (QED) is 0.777. The number of amides is 2. The maximum absolute atomic E-state index is 12.2. The fourth-order valence-corrected chi connectivity index (χ4v) is 3.84. The van der Waals surface area contributed by atoms with Gasteiger partial charge in [0, 0.05) is 6.54 Å². The monoisotopic (exact) mass is 295 g/mol. The highest BCUT2D eigenvalue weighted by atomic mass is 32.1. The summed E-state index contributed by atoms with van der Waals surface area (Å²) in [5.74, 6) is 0. The highest BCUT2D eigenvalue weighted by Gasteiger charge is 2.46. The summed E-state index contributed by atoms with van der Waals surface area (Å²) in [5, 5.41) is 1.39. The Kier molecular flexibility index (Phi) is 3.39. The number of hydrogen-bond acceptors (Lipinski definition) is 4. The van der Waals surface area contributed by atoms with Crippen LogP contribution < -0.4 is 4.87 Å². The van der Waals surface area contributed by atoms with Crippen LogP contribution in [0.15, 0.2) is 17.4 Å². The summed E-state index contributed by atoms with van der Waals surface area (Å²) in [6.45, 7) is 7.71. The highest BCUT2D eigenvalue weighted by molar-refractivity contribution is 7.09. The lowest BCUT2D eigenvalue weighted by Crippen LogP contribution is -2.31. The predicted molar refractivity (Wildman–Crippen MR) is 75.4 cm³/mol. The van der Waals surface area contributed by atoms with Crippen molar-refractivity contribution in [3.05, 3.63) is 32.9 Å². The number of thiazole rings is 1. The molecule has 0 N–H and O–H groups in total. The van der Waals surface area contributed by atoms with Gasteiger partial charge in [-0.2, -0.15) is 5.06 Å². The van der Waals surface area contributed by atoms with Gasteiger partial charge in [-0.15, -0.1) is 6.58 Å². The Morgan fingerprint density at radius 3 is 3.00 bits per heavy atom. The first-order valence-electron chi connectivity index (χ1n) is 6.71. The molecule has 1 unspecified atom stereocenters. The number of aromatic nitrogens is 1. The molecule has 0 spiro atoms. The maximum atomic E-state index is 12.2. The zero-order valence-corrected chi connectivity index (χ0v) is 12.2. The van der Waals surface area contributed by atoms with Crippen LogP contribution in [0.3, 0.4) is 0 Å². The number of carbonyl (C=O) groups is 1. The van der Waals surface area contributed by atoms with Crippen molar-refractivity contribution < 1.29 is 9.63 Å². The zero-order valence-electron chi connectivity index (χ0n) is 11.4. The summed E-state index contributed by atoms with van der Waals surface area (Å²) >= 11 is 1.24. The molecule has 108 valence electrons. The maximum Gasteiger partial charge on any atom is 0.345 e. The van der Waals surface area contributed by atoms with Crippen molar-refractivity contribution in [1.29, 1.82) is 0 Å². The number of urea groups is 1. The van der Waals surface area contributed by atoms with E-state index in [1.807, 2.05) is 6.92 Å². The second kappa shape index (κ2) is 5.06. The van der Waals surface area contributed by atoms with Gasteiger partial charge in [-0.05, 0) is 6.42 Å². The van der Waals surface area contributed by atoms with Gasteiger partial charge in [0.1, 0.15) is 6.04 Å². The predicted octanol–water partition coefficient (Wildman–Crippen LogP) is 1.73. The highest BCUT2D eigenvalue weighted by Crippen LogP contribution is 2.39. The molecule has 20 heavy (non-hydrogen) atoms. The van der Waals surface area contributed by atoms with E-state index in [-0.39, 0.29) is 23.6 Å². The van der Waals surface area contributed by atoms with Crippen molar-refractivity contribution in [1.82, 2.24) is 14.5 Å². The number of nitrogens with zero attached hydrogens (tertiary/aromatic N) is 3. The summed E-state index contributed by atoms with van der Waals surface area (Å²) in [4.78, 5) is 32.5. The summed E-state index contributed by atoms with van der Waals surface area (Å²) in [6, 6.07) is -0.294. The van der Waals surface area contributed by atoms with E-state index in [0.717, 1.165) is 17.0 Å². The van der Waals surface area contributed by atoms with E-state index in [9.17, 15) is 9.59 Å². The molecule has 0 saturated carbocycles. The lowest BCUT2D eigenvalue weighted by Gasteiger charge is -2.22. The first kappa shape index (κ1) is 13.4. The van der Waals surface area contributed by atoms with Gasteiger partial charge in [0.15, 0.2) is 0 Å². The standard InChI is InChI=1S/C13H17N3O3S/c1-3-5-15-9-7-14-8-10(11(9)20-13(15)18)16(12(14)17)19-6-4-2/h4,10H,2-3,5-8H2,1H3. The molecule has 2 aliphatic heterocycles. The summed E-state index contributed by atoms with van der Waals surface area (Å²) in [7, 11) is 0. The molecule has 0 aromatic carbocycles. The molecule has 7 heteroatoms. The van der Waals surface area contributed by atoms with E-state index in [4.69, 9.17) is 4.84 Å². The van der Waals surface area contributed by atoms with Crippen LogP contribution in [0.4, 0.5) is 4.79 Å². The molecule has 1 fully saturated rings. The van der Waals surface area contributed by atoms with Gasteiger partial charge in [0.25, 0.3) is 0 Å².